The van der Waals surface area contributed by atoms with Crippen molar-refractivity contribution in [2.75, 3.05) is 0 Å². The fraction of sp³-hybridized carbons (Fsp3) is 0.273. The predicted molar refractivity (Wildman–Crippen MR) is 55.1 cm³/mol. The number of halogens is 1. The molecule has 16 heavy (non-hydrogen) atoms. The van der Waals surface area contributed by atoms with E-state index in [0.29, 0.717) is 5.56 Å². The normalized spacial score (nSPS) is 12.8. The molecule has 1 atom stereocenters. The van der Waals surface area contributed by atoms with Crippen molar-refractivity contribution in [3.63, 3.8) is 0 Å². The van der Waals surface area contributed by atoms with Gasteiger partial charge in [-0.1, -0.05) is 5.16 Å². The van der Waals surface area contributed by atoms with Crippen LogP contribution in [0.1, 0.15) is 24.4 Å². The molecule has 1 unspecified atom stereocenters. The second kappa shape index (κ2) is 4.02. The molecule has 0 saturated carbocycles. The van der Waals surface area contributed by atoms with Crippen molar-refractivity contribution in [1.82, 2.24) is 10.1 Å². The summed E-state index contributed by atoms with van der Waals surface area (Å²) >= 11 is 0. The van der Waals surface area contributed by atoms with E-state index in [9.17, 15) is 9.50 Å². The van der Waals surface area contributed by atoms with Crippen LogP contribution in [0.2, 0.25) is 0 Å². The second-order valence-corrected chi connectivity index (χ2v) is 3.65. The number of nitrogens with zero attached hydrogens (tertiary/aromatic N) is 2. The molecule has 5 heteroatoms. The average Bonchev–Trinajstić information content (AvgIpc) is 2.64. The molecule has 0 fully saturated rings. The van der Waals surface area contributed by atoms with Crippen molar-refractivity contribution in [3.8, 4) is 11.5 Å². The zero-order chi connectivity index (χ0) is 11.7. The molecular weight excluding hydrogens is 211 g/mol. The maximum Gasteiger partial charge on any atom is 0.258 e. The molecular formula is C11H11FN2O2. The average molecular weight is 222 g/mol. The molecule has 1 aromatic carbocycles. The molecule has 0 saturated heterocycles. The van der Waals surface area contributed by atoms with Gasteiger partial charge in [-0.2, -0.15) is 4.98 Å². The maximum absolute atomic E-state index is 13.1. The third-order valence-electron chi connectivity index (χ3n) is 2.10. The Labute approximate surface area is 91.7 Å². The van der Waals surface area contributed by atoms with Gasteiger partial charge < -0.3 is 9.63 Å². The van der Waals surface area contributed by atoms with Crippen molar-refractivity contribution < 1.29 is 14.0 Å². The van der Waals surface area contributed by atoms with E-state index in [1.165, 1.54) is 19.1 Å². The first-order valence-corrected chi connectivity index (χ1v) is 4.85. The van der Waals surface area contributed by atoms with Crippen LogP contribution >= 0.6 is 0 Å². The lowest BCUT2D eigenvalue weighted by Crippen LogP contribution is -1.93. The number of aromatic nitrogens is 2. The summed E-state index contributed by atoms with van der Waals surface area (Å²) in [4.78, 5) is 3.97. The molecule has 4 nitrogen and oxygen atoms in total. The molecule has 0 aliphatic heterocycles. The van der Waals surface area contributed by atoms with E-state index in [2.05, 4.69) is 10.1 Å². The highest BCUT2D eigenvalue weighted by molar-refractivity contribution is 5.54. The SMILES string of the molecule is Cc1cc(F)cc(-c2nc(C(C)O)no2)c1. The van der Waals surface area contributed by atoms with Crippen LogP contribution in [0.5, 0.6) is 0 Å². The number of aryl methyl sites for hydroxylation is 1. The van der Waals surface area contributed by atoms with Gasteiger partial charge in [0, 0.05) is 5.56 Å². The van der Waals surface area contributed by atoms with E-state index < -0.39 is 6.10 Å². The summed E-state index contributed by atoms with van der Waals surface area (Å²) in [5.41, 5.74) is 1.28. The Kier molecular flexibility index (Phi) is 2.70. The Morgan fingerprint density at radius 2 is 2.12 bits per heavy atom. The topological polar surface area (TPSA) is 59.2 Å². The molecule has 1 heterocycles. The first-order chi connectivity index (χ1) is 7.56. The molecule has 0 amide bonds. The predicted octanol–water partition coefficient (Wildman–Crippen LogP) is 2.24. The fourth-order valence-corrected chi connectivity index (χ4v) is 1.38. The molecule has 0 spiro atoms. The smallest absolute Gasteiger partial charge is 0.258 e. The lowest BCUT2D eigenvalue weighted by Gasteiger charge is -1.97. The van der Waals surface area contributed by atoms with Gasteiger partial charge >= 0.3 is 0 Å². The Balaban J connectivity index is 2.42. The van der Waals surface area contributed by atoms with Crippen molar-refractivity contribution in [1.29, 1.82) is 0 Å². The van der Waals surface area contributed by atoms with Crippen LogP contribution in [0, 0.1) is 12.7 Å². The lowest BCUT2D eigenvalue weighted by molar-refractivity contribution is 0.184. The highest BCUT2D eigenvalue weighted by atomic mass is 19.1. The Bertz CT molecular complexity index is 488. The van der Waals surface area contributed by atoms with Gasteiger partial charge in [0.1, 0.15) is 11.9 Å². The van der Waals surface area contributed by atoms with Crippen molar-refractivity contribution in [3.05, 3.63) is 35.4 Å². The number of aliphatic hydroxyl groups excluding tert-OH is 1. The molecule has 1 N–H and O–H groups in total. The monoisotopic (exact) mass is 222 g/mol. The molecule has 2 aromatic rings. The maximum atomic E-state index is 13.1. The number of aliphatic hydroxyl groups is 1. The van der Waals surface area contributed by atoms with E-state index in [0.717, 1.165) is 5.56 Å². The van der Waals surface area contributed by atoms with Crippen LogP contribution in [0.4, 0.5) is 4.39 Å². The van der Waals surface area contributed by atoms with E-state index in [-0.39, 0.29) is 17.5 Å². The fourth-order valence-electron chi connectivity index (χ4n) is 1.38. The zero-order valence-corrected chi connectivity index (χ0v) is 8.94. The van der Waals surface area contributed by atoms with Crippen molar-refractivity contribution in [2.24, 2.45) is 0 Å². The minimum atomic E-state index is -0.799. The summed E-state index contributed by atoms with van der Waals surface area (Å²) in [6.45, 7) is 3.31. The summed E-state index contributed by atoms with van der Waals surface area (Å²) in [5, 5.41) is 12.8. The third kappa shape index (κ3) is 2.09. The number of hydrogen-bond acceptors (Lipinski definition) is 4. The van der Waals surface area contributed by atoms with E-state index in [4.69, 9.17) is 4.52 Å². The number of benzene rings is 1. The Morgan fingerprint density at radius 3 is 2.69 bits per heavy atom. The number of rotatable bonds is 2. The summed E-state index contributed by atoms with van der Waals surface area (Å²) in [6.07, 6.45) is -0.799. The van der Waals surface area contributed by atoms with Gasteiger partial charge in [0.2, 0.25) is 0 Å². The van der Waals surface area contributed by atoms with Crippen molar-refractivity contribution >= 4 is 0 Å². The molecule has 1 aromatic heterocycles. The van der Waals surface area contributed by atoms with Gasteiger partial charge in [0.05, 0.1) is 0 Å². The van der Waals surface area contributed by atoms with Gasteiger partial charge in [-0.15, -0.1) is 0 Å². The quantitative estimate of drug-likeness (QED) is 0.846. The van der Waals surface area contributed by atoms with Crippen LogP contribution in [-0.4, -0.2) is 15.2 Å². The summed E-state index contributed by atoms with van der Waals surface area (Å²) in [6, 6.07) is 4.46. The third-order valence-corrected chi connectivity index (χ3v) is 2.10. The van der Waals surface area contributed by atoms with Gasteiger partial charge in [0.25, 0.3) is 5.89 Å². The molecule has 0 aliphatic carbocycles. The number of hydrogen-bond donors (Lipinski definition) is 1. The van der Waals surface area contributed by atoms with Gasteiger partial charge in [-0.05, 0) is 37.6 Å². The molecule has 2 rings (SSSR count). The highest BCUT2D eigenvalue weighted by Crippen LogP contribution is 2.21. The molecule has 0 bridgehead atoms. The van der Waals surface area contributed by atoms with Crippen LogP contribution in [0.25, 0.3) is 11.5 Å². The standard InChI is InChI=1S/C11H11FN2O2/c1-6-3-8(5-9(12)4-6)11-13-10(7(2)15)14-16-11/h3-5,7,15H,1-2H3. The Hall–Kier alpha value is -1.75. The largest absolute Gasteiger partial charge is 0.385 e. The minimum Gasteiger partial charge on any atom is -0.385 e. The van der Waals surface area contributed by atoms with E-state index in [1.54, 1.807) is 13.0 Å². The first kappa shape index (κ1) is 10.8. The van der Waals surface area contributed by atoms with Crippen LogP contribution < -0.4 is 0 Å². The summed E-state index contributed by atoms with van der Waals surface area (Å²) in [5.74, 6) is 0.0437. The molecule has 0 radical (unpaired) electrons. The van der Waals surface area contributed by atoms with Crippen LogP contribution in [0.3, 0.4) is 0 Å². The second-order valence-electron chi connectivity index (χ2n) is 3.65. The Morgan fingerprint density at radius 1 is 1.38 bits per heavy atom. The molecule has 84 valence electrons. The van der Waals surface area contributed by atoms with E-state index in [1.807, 2.05) is 0 Å². The minimum absolute atomic E-state index is 0.192. The zero-order valence-electron chi connectivity index (χ0n) is 8.94. The van der Waals surface area contributed by atoms with Gasteiger partial charge in [0.15, 0.2) is 5.82 Å². The van der Waals surface area contributed by atoms with Crippen LogP contribution in [-0.2, 0) is 0 Å². The van der Waals surface area contributed by atoms with Gasteiger partial charge in [-0.3, -0.25) is 0 Å². The first-order valence-electron chi connectivity index (χ1n) is 4.85. The van der Waals surface area contributed by atoms with Crippen molar-refractivity contribution in [2.45, 2.75) is 20.0 Å². The van der Waals surface area contributed by atoms with E-state index >= 15 is 0 Å². The molecule has 0 aliphatic rings. The van der Waals surface area contributed by atoms with Gasteiger partial charge in [-0.25, -0.2) is 4.39 Å². The summed E-state index contributed by atoms with van der Waals surface area (Å²) < 4.78 is 18.1. The highest BCUT2D eigenvalue weighted by Gasteiger charge is 2.13. The van der Waals surface area contributed by atoms with Crippen LogP contribution in [0.15, 0.2) is 22.7 Å². The lowest BCUT2D eigenvalue weighted by atomic mass is 10.1. The summed E-state index contributed by atoms with van der Waals surface area (Å²) in [7, 11) is 0.